The van der Waals surface area contributed by atoms with Crippen LogP contribution < -0.4 is 10.5 Å². The second-order valence-corrected chi connectivity index (χ2v) is 7.31. The van der Waals surface area contributed by atoms with E-state index in [-0.39, 0.29) is 11.9 Å². The average Bonchev–Trinajstić information content (AvgIpc) is 2.37. The van der Waals surface area contributed by atoms with Crippen molar-refractivity contribution in [2.45, 2.75) is 25.8 Å². The van der Waals surface area contributed by atoms with E-state index in [1.165, 1.54) is 0 Å². The van der Waals surface area contributed by atoms with Crippen LogP contribution in [0, 0.1) is 6.92 Å². The molecule has 0 unspecified atom stereocenters. The van der Waals surface area contributed by atoms with Crippen LogP contribution in [-0.4, -0.2) is 44.6 Å². The first-order valence-corrected chi connectivity index (χ1v) is 8.78. The summed E-state index contributed by atoms with van der Waals surface area (Å²) in [6, 6.07) is 5.16. The molecular formula is C14H21N3O3S. The molecule has 2 rings (SSSR count). The van der Waals surface area contributed by atoms with Crippen LogP contribution in [0.15, 0.2) is 18.2 Å². The molecule has 1 saturated heterocycles. The summed E-state index contributed by atoms with van der Waals surface area (Å²) in [5.74, 6) is -0.0229. The molecule has 1 amide bonds. The Morgan fingerprint density at radius 3 is 2.48 bits per heavy atom. The number of amides is 1. The zero-order valence-corrected chi connectivity index (χ0v) is 13.1. The second-order valence-electron chi connectivity index (χ2n) is 5.53. The minimum Gasteiger partial charge on any atom is -0.399 e. The van der Waals surface area contributed by atoms with Crippen molar-refractivity contribution in [3.8, 4) is 0 Å². The van der Waals surface area contributed by atoms with Crippen molar-refractivity contribution >= 4 is 21.6 Å². The Morgan fingerprint density at radius 2 is 1.95 bits per heavy atom. The molecule has 1 aliphatic rings. The summed E-state index contributed by atoms with van der Waals surface area (Å²) in [6.07, 6.45) is 2.42. The Morgan fingerprint density at radius 1 is 1.33 bits per heavy atom. The lowest BCUT2D eigenvalue weighted by Crippen LogP contribution is -2.46. The highest BCUT2D eigenvalue weighted by Crippen LogP contribution is 2.18. The molecule has 116 valence electrons. The molecule has 0 bridgehead atoms. The number of anilines is 1. The molecule has 1 aromatic carbocycles. The Labute approximate surface area is 125 Å². The molecular weight excluding hydrogens is 290 g/mol. The third kappa shape index (κ3) is 4.18. The molecule has 0 radical (unpaired) electrons. The van der Waals surface area contributed by atoms with Gasteiger partial charge in [0.2, 0.25) is 10.0 Å². The lowest BCUT2D eigenvalue weighted by molar-refractivity contribution is 0.0710. The first kappa shape index (κ1) is 15.8. The van der Waals surface area contributed by atoms with Gasteiger partial charge in [0.1, 0.15) is 0 Å². The molecule has 1 heterocycles. The molecule has 0 aromatic heterocycles. The number of nitrogens with zero attached hydrogens (tertiary/aromatic N) is 1. The maximum absolute atomic E-state index is 12.5. The van der Waals surface area contributed by atoms with Crippen LogP contribution in [0.4, 0.5) is 5.69 Å². The maximum Gasteiger partial charge on any atom is 0.254 e. The van der Waals surface area contributed by atoms with E-state index in [0.29, 0.717) is 37.2 Å². The van der Waals surface area contributed by atoms with E-state index in [1.54, 1.807) is 23.1 Å². The van der Waals surface area contributed by atoms with Gasteiger partial charge in [0.25, 0.3) is 5.91 Å². The number of hydrogen-bond acceptors (Lipinski definition) is 4. The van der Waals surface area contributed by atoms with Gasteiger partial charge in [-0.15, -0.1) is 0 Å². The van der Waals surface area contributed by atoms with Gasteiger partial charge in [-0.25, -0.2) is 13.1 Å². The van der Waals surface area contributed by atoms with E-state index in [1.807, 2.05) is 6.92 Å². The fraction of sp³-hybridized carbons (Fsp3) is 0.500. The molecule has 6 nitrogen and oxygen atoms in total. The van der Waals surface area contributed by atoms with Crippen molar-refractivity contribution < 1.29 is 13.2 Å². The molecule has 0 aliphatic carbocycles. The van der Waals surface area contributed by atoms with Crippen LogP contribution in [0.1, 0.15) is 28.8 Å². The van der Waals surface area contributed by atoms with Gasteiger partial charge in [-0.1, -0.05) is 0 Å². The van der Waals surface area contributed by atoms with E-state index in [0.717, 1.165) is 11.8 Å². The Bertz CT molecular complexity index is 635. The van der Waals surface area contributed by atoms with E-state index >= 15 is 0 Å². The van der Waals surface area contributed by atoms with Crippen LogP contribution in [0.2, 0.25) is 0 Å². The van der Waals surface area contributed by atoms with Crippen molar-refractivity contribution in [3.63, 3.8) is 0 Å². The average molecular weight is 311 g/mol. The van der Waals surface area contributed by atoms with E-state index in [9.17, 15) is 13.2 Å². The number of nitrogens with two attached hydrogens (primary N) is 1. The number of likely N-dealkylation sites (tertiary alicyclic amines) is 1. The third-order valence-corrected chi connectivity index (χ3v) is 4.41. The van der Waals surface area contributed by atoms with Crippen molar-refractivity contribution in [1.82, 2.24) is 9.62 Å². The highest BCUT2D eigenvalue weighted by molar-refractivity contribution is 7.88. The molecule has 21 heavy (non-hydrogen) atoms. The van der Waals surface area contributed by atoms with Crippen LogP contribution >= 0.6 is 0 Å². The summed E-state index contributed by atoms with van der Waals surface area (Å²) in [5.41, 5.74) is 7.84. The number of benzene rings is 1. The van der Waals surface area contributed by atoms with Gasteiger partial charge in [-0.3, -0.25) is 4.79 Å². The van der Waals surface area contributed by atoms with Crippen molar-refractivity contribution in [2.24, 2.45) is 0 Å². The Kier molecular flexibility index (Phi) is 4.53. The standard InChI is InChI=1S/C14H21N3O3S/c1-10-9-11(15)3-4-13(10)14(18)17-7-5-12(6-8-17)16-21(2,19)20/h3-4,9,12,16H,5-8,15H2,1-2H3. The molecule has 3 N–H and O–H groups in total. The largest absolute Gasteiger partial charge is 0.399 e. The zero-order chi connectivity index (χ0) is 15.6. The van der Waals surface area contributed by atoms with Crippen LogP contribution in [-0.2, 0) is 10.0 Å². The molecule has 0 saturated carbocycles. The summed E-state index contributed by atoms with van der Waals surface area (Å²) in [4.78, 5) is 14.2. The Hall–Kier alpha value is -1.60. The molecule has 1 aliphatic heterocycles. The molecule has 0 spiro atoms. The smallest absolute Gasteiger partial charge is 0.254 e. The van der Waals surface area contributed by atoms with Crippen LogP contribution in [0.5, 0.6) is 0 Å². The highest BCUT2D eigenvalue weighted by atomic mass is 32.2. The summed E-state index contributed by atoms with van der Waals surface area (Å²) in [6.45, 7) is 2.97. The van der Waals surface area contributed by atoms with Gasteiger partial charge >= 0.3 is 0 Å². The van der Waals surface area contributed by atoms with E-state index in [4.69, 9.17) is 5.73 Å². The minimum absolute atomic E-state index is 0.0229. The van der Waals surface area contributed by atoms with Gasteiger partial charge in [0.15, 0.2) is 0 Å². The zero-order valence-electron chi connectivity index (χ0n) is 12.3. The van der Waals surface area contributed by atoms with Gasteiger partial charge in [-0.2, -0.15) is 0 Å². The van der Waals surface area contributed by atoms with E-state index < -0.39 is 10.0 Å². The van der Waals surface area contributed by atoms with Crippen molar-refractivity contribution in [3.05, 3.63) is 29.3 Å². The number of sulfonamides is 1. The SMILES string of the molecule is Cc1cc(N)ccc1C(=O)N1CCC(NS(C)(=O)=O)CC1. The normalized spacial score (nSPS) is 17.0. The monoisotopic (exact) mass is 311 g/mol. The molecule has 7 heteroatoms. The summed E-state index contributed by atoms with van der Waals surface area (Å²) in [5, 5.41) is 0. The third-order valence-electron chi connectivity index (χ3n) is 3.64. The first-order chi connectivity index (χ1) is 9.76. The number of carbonyl (C=O) groups excluding carboxylic acids is 1. The van der Waals surface area contributed by atoms with Gasteiger partial charge in [-0.05, 0) is 43.5 Å². The topological polar surface area (TPSA) is 92.5 Å². The predicted octanol–water partition coefficient (Wildman–Crippen LogP) is 0.731. The fourth-order valence-electron chi connectivity index (χ4n) is 2.60. The summed E-state index contributed by atoms with van der Waals surface area (Å²) in [7, 11) is -3.19. The number of rotatable bonds is 3. The Balaban J connectivity index is 2.00. The first-order valence-electron chi connectivity index (χ1n) is 6.89. The van der Waals surface area contributed by atoms with Crippen molar-refractivity contribution in [2.75, 3.05) is 25.1 Å². The molecule has 1 aromatic rings. The second kappa shape index (κ2) is 6.03. The van der Waals surface area contributed by atoms with E-state index in [2.05, 4.69) is 4.72 Å². The lowest BCUT2D eigenvalue weighted by atomic mass is 10.0. The number of nitrogen functional groups attached to an aromatic ring is 1. The number of carbonyl (C=O) groups is 1. The number of hydrogen-bond donors (Lipinski definition) is 2. The predicted molar refractivity (Wildman–Crippen MR) is 82.5 cm³/mol. The van der Waals surface area contributed by atoms with Crippen LogP contribution in [0.3, 0.4) is 0 Å². The van der Waals surface area contributed by atoms with Gasteiger partial charge in [0.05, 0.1) is 6.26 Å². The number of aryl methyl sites for hydroxylation is 1. The van der Waals surface area contributed by atoms with Crippen LogP contribution in [0.25, 0.3) is 0 Å². The number of piperidine rings is 1. The minimum atomic E-state index is -3.19. The maximum atomic E-state index is 12.5. The summed E-state index contributed by atoms with van der Waals surface area (Å²) >= 11 is 0. The lowest BCUT2D eigenvalue weighted by Gasteiger charge is -2.32. The summed E-state index contributed by atoms with van der Waals surface area (Å²) < 4.78 is 25.0. The molecule has 0 atom stereocenters. The van der Waals surface area contributed by atoms with Crippen molar-refractivity contribution in [1.29, 1.82) is 0 Å². The van der Waals surface area contributed by atoms with Gasteiger partial charge < -0.3 is 10.6 Å². The molecule has 1 fully saturated rings. The number of nitrogens with one attached hydrogen (secondary N) is 1. The van der Waals surface area contributed by atoms with Gasteiger partial charge in [0, 0.05) is 30.4 Å². The fourth-order valence-corrected chi connectivity index (χ4v) is 3.44. The quantitative estimate of drug-likeness (QED) is 0.805. The highest BCUT2D eigenvalue weighted by Gasteiger charge is 2.25.